The zero-order valence-corrected chi connectivity index (χ0v) is 9.61. The molecule has 1 aromatic carbocycles. The van der Waals surface area contributed by atoms with Crippen LogP contribution in [0, 0.1) is 11.3 Å². The number of rotatable bonds is 2. The van der Waals surface area contributed by atoms with E-state index >= 15 is 0 Å². The van der Waals surface area contributed by atoms with Crippen LogP contribution in [-0.2, 0) is 13.0 Å². The summed E-state index contributed by atoms with van der Waals surface area (Å²) in [5.74, 6) is 0. The number of hydrogen-bond donors (Lipinski definition) is 1. The van der Waals surface area contributed by atoms with Crippen LogP contribution in [0.15, 0.2) is 18.2 Å². The second-order valence-electron chi connectivity index (χ2n) is 4.26. The van der Waals surface area contributed by atoms with Gasteiger partial charge < -0.3 is 5.73 Å². The SMILES string of the molecule is CCC(C#N)N1CCc2cccc(N)c2C1. The molecule has 1 aromatic rings. The van der Waals surface area contributed by atoms with Crippen LogP contribution in [0.5, 0.6) is 0 Å². The van der Waals surface area contributed by atoms with Gasteiger partial charge in [-0.25, -0.2) is 0 Å². The lowest BCUT2D eigenvalue weighted by atomic mass is 9.97. The molecule has 3 nitrogen and oxygen atoms in total. The molecule has 0 aliphatic carbocycles. The summed E-state index contributed by atoms with van der Waals surface area (Å²) in [5.41, 5.74) is 9.38. The molecule has 0 fully saturated rings. The molecule has 0 bridgehead atoms. The van der Waals surface area contributed by atoms with Crippen molar-refractivity contribution in [1.29, 1.82) is 5.26 Å². The Hall–Kier alpha value is -1.53. The molecule has 0 aromatic heterocycles. The first-order valence-corrected chi connectivity index (χ1v) is 5.76. The molecule has 16 heavy (non-hydrogen) atoms. The number of nitrogens with two attached hydrogens (primary N) is 1. The monoisotopic (exact) mass is 215 g/mol. The lowest BCUT2D eigenvalue weighted by Crippen LogP contribution is -2.38. The summed E-state index contributed by atoms with van der Waals surface area (Å²) in [6, 6.07) is 8.46. The zero-order chi connectivity index (χ0) is 11.5. The molecule has 1 aliphatic heterocycles. The molecule has 0 saturated carbocycles. The summed E-state index contributed by atoms with van der Waals surface area (Å²) in [6.45, 7) is 3.83. The van der Waals surface area contributed by atoms with E-state index in [0.717, 1.165) is 31.6 Å². The molecule has 1 unspecified atom stereocenters. The maximum atomic E-state index is 9.07. The first-order chi connectivity index (χ1) is 7.76. The molecule has 0 saturated heterocycles. The van der Waals surface area contributed by atoms with Gasteiger partial charge >= 0.3 is 0 Å². The fraction of sp³-hybridized carbons (Fsp3) is 0.462. The number of nitrogens with zero attached hydrogens (tertiary/aromatic N) is 2. The highest BCUT2D eigenvalue weighted by Crippen LogP contribution is 2.25. The van der Waals surface area contributed by atoms with Crippen molar-refractivity contribution in [1.82, 2.24) is 4.90 Å². The first kappa shape index (κ1) is 11.0. The molecular formula is C13H17N3. The third-order valence-electron chi connectivity index (χ3n) is 3.32. The predicted octanol–water partition coefficient (Wildman–Crippen LogP) is 1.93. The second-order valence-corrected chi connectivity index (χ2v) is 4.26. The lowest BCUT2D eigenvalue weighted by Gasteiger charge is -2.32. The van der Waals surface area contributed by atoms with E-state index in [4.69, 9.17) is 11.0 Å². The van der Waals surface area contributed by atoms with Crippen LogP contribution in [0.4, 0.5) is 5.69 Å². The van der Waals surface area contributed by atoms with Gasteiger partial charge in [0.15, 0.2) is 0 Å². The largest absolute Gasteiger partial charge is 0.398 e. The molecule has 0 spiro atoms. The lowest BCUT2D eigenvalue weighted by molar-refractivity contribution is 0.211. The number of nitrogen functional groups attached to an aromatic ring is 1. The van der Waals surface area contributed by atoms with E-state index in [1.54, 1.807) is 0 Å². The summed E-state index contributed by atoms with van der Waals surface area (Å²) in [6.07, 6.45) is 1.87. The Kier molecular flexibility index (Phi) is 3.12. The van der Waals surface area contributed by atoms with Gasteiger partial charge in [0.1, 0.15) is 0 Å². The number of anilines is 1. The van der Waals surface area contributed by atoms with E-state index < -0.39 is 0 Å². The van der Waals surface area contributed by atoms with E-state index in [0.29, 0.717) is 0 Å². The van der Waals surface area contributed by atoms with Crippen LogP contribution in [0.3, 0.4) is 0 Å². The Labute approximate surface area is 96.5 Å². The second kappa shape index (κ2) is 4.54. The van der Waals surface area contributed by atoms with Gasteiger partial charge in [-0.15, -0.1) is 0 Å². The Morgan fingerprint density at radius 2 is 2.38 bits per heavy atom. The molecule has 1 aliphatic rings. The van der Waals surface area contributed by atoms with E-state index in [-0.39, 0.29) is 6.04 Å². The minimum atomic E-state index is 0.0211. The molecule has 0 amide bonds. The van der Waals surface area contributed by atoms with Crippen LogP contribution in [0.1, 0.15) is 24.5 Å². The number of hydrogen-bond acceptors (Lipinski definition) is 3. The minimum Gasteiger partial charge on any atom is -0.398 e. The van der Waals surface area contributed by atoms with Crippen LogP contribution >= 0.6 is 0 Å². The highest BCUT2D eigenvalue weighted by atomic mass is 15.2. The molecule has 1 heterocycles. The normalized spacial score (nSPS) is 17.5. The summed E-state index contributed by atoms with van der Waals surface area (Å²) < 4.78 is 0. The average molecular weight is 215 g/mol. The molecule has 2 N–H and O–H groups in total. The smallest absolute Gasteiger partial charge is 0.0978 e. The fourth-order valence-corrected chi connectivity index (χ4v) is 2.32. The number of benzene rings is 1. The van der Waals surface area contributed by atoms with E-state index in [9.17, 15) is 0 Å². The van der Waals surface area contributed by atoms with Crippen molar-refractivity contribution >= 4 is 5.69 Å². The Bertz CT molecular complexity index is 420. The molecule has 3 heteroatoms. The van der Waals surface area contributed by atoms with Gasteiger partial charge in [-0.1, -0.05) is 19.1 Å². The van der Waals surface area contributed by atoms with Gasteiger partial charge in [-0.3, -0.25) is 4.90 Å². The van der Waals surface area contributed by atoms with Gasteiger partial charge in [-0.2, -0.15) is 5.26 Å². The van der Waals surface area contributed by atoms with Crippen molar-refractivity contribution < 1.29 is 0 Å². The Morgan fingerprint density at radius 1 is 1.56 bits per heavy atom. The quantitative estimate of drug-likeness (QED) is 0.767. The van der Waals surface area contributed by atoms with Crippen molar-refractivity contribution in [2.75, 3.05) is 12.3 Å². The minimum absolute atomic E-state index is 0.0211. The van der Waals surface area contributed by atoms with Gasteiger partial charge in [0, 0.05) is 18.8 Å². The summed E-state index contributed by atoms with van der Waals surface area (Å²) in [4.78, 5) is 2.22. The third kappa shape index (κ3) is 1.89. The van der Waals surface area contributed by atoms with E-state index in [1.807, 2.05) is 12.1 Å². The van der Waals surface area contributed by atoms with Gasteiger partial charge in [0.05, 0.1) is 12.1 Å². The van der Waals surface area contributed by atoms with Crippen molar-refractivity contribution in [2.45, 2.75) is 32.4 Å². The van der Waals surface area contributed by atoms with Gasteiger partial charge in [0.25, 0.3) is 0 Å². The highest BCUT2D eigenvalue weighted by molar-refractivity contribution is 5.51. The van der Waals surface area contributed by atoms with Gasteiger partial charge in [0.2, 0.25) is 0 Å². The maximum absolute atomic E-state index is 9.07. The standard InChI is InChI=1S/C13H17N3/c1-2-11(8-14)16-7-6-10-4-3-5-13(15)12(10)9-16/h3-5,11H,2,6-7,9,15H2,1H3. The van der Waals surface area contributed by atoms with Crippen LogP contribution in [0.25, 0.3) is 0 Å². The van der Waals surface area contributed by atoms with E-state index in [1.165, 1.54) is 11.1 Å². The summed E-state index contributed by atoms with van der Waals surface area (Å²) in [5, 5.41) is 9.07. The Morgan fingerprint density at radius 3 is 3.06 bits per heavy atom. The number of nitriles is 1. The summed E-state index contributed by atoms with van der Waals surface area (Å²) in [7, 11) is 0. The molecule has 2 rings (SSSR count). The average Bonchev–Trinajstić information content (AvgIpc) is 2.32. The molecular weight excluding hydrogens is 198 g/mol. The zero-order valence-electron chi connectivity index (χ0n) is 9.61. The topological polar surface area (TPSA) is 53.0 Å². The van der Waals surface area contributed by atoms with Crippen LogP contribution < -0.4 is 5.73 Å². The van der Waals surface area contributed by atoms with Crippen LogP contribution in [-0.4, -0.2) is 17.5 Å². The van der Waals surface area contributed by atoms with Crippen molar-refractivity contribution in [3.8, 4) is 6.07 Å². The predicted molar refractivity (Wildman–Crippen MR) is 64.7 cm³/mol. The van der Waals surface area contributed by atoms with Crippen molar-refractivity contribution in [3.05, 3.63) is 29.3 Å². The van der Waals surface area contributed by atoms with Crippen molar-refractivity contribution in [2.24, 2.45) is 0 Å². The fourth-order valence-electron chi connectivity index (χ4n) is 2.32. The third-order valence-corrected chi connectivity index (χ3v) is 3.32. The first-order valence-electron chi connectivity index (χ1n) is 5.76. The highest BCUT2D eigenvalue weighted by Gasteiger charge is 2.23. The van der Waals surface area contributed by atoms with Gasteiger partial charge in [-0.05, 0) is 30.0 Å². The van der Waals surface area contributed by atoms with E-state index in [2.05, 4.69) is 24.0 Å². The molecule has 84 valence electrons. The molecule has 0 radical (unpaired) electrons. The summed E-state index contributed by atoms with van der Waals surface area (Å²) >= 11 is 0. The Balaban J connectivity index is 2.23. The molecule has 1 atom stereocenters. The van der Waals surface area contributed by atoms with Crippen LogP contribution in [0.2, 0.25) is 0 Å². The maximum Gasteiger partial charge on any atom is 0.0978 e. The van der Waals surface area contributed by atoms with Crippen molar-refractivity contribution in [3.63, 3.8) is 0 Å². The number of fused-ring (bicyclic) bond motifs is 1.